The van der Waals surface area contributed by atoms with Gasteiger partial charge in [0.1, 0.15) is 0 Å². The summed E-state index contributed by atoms with van der Waals surface area (Å²) in [6.45, 7) is 1.49. The SMILES string of the molecule is Cc1c(C2=CS(=O)(=O)c3cc(C(F)(F)F)ccc32)c2cc(Cl)ccc2n1CC(O)O. The molecule has 0 saturated heterocycles. The lowest BCUT2D eigenvalue weighted by Crippen LogP contribution is -2.15. The van der Waals surface area contributed by atoms with Gasteiger partial charge in [0.15, 0.2) is 6.29 Å². The Morgan fingerprint density at radius 3 is 2.47 bits per heavy atom. The van der Waals surface area contributed by atoms with Crippen LogP contribution in [0.1, 0.15) is 22.4 Å². The molecule has 5 nitrogen and oxygen atoms in total. The Hall–Kier alpha value is -2.33. The molecule has 0 radical (unpaired) electrons. The fraction of sp³-hybridized carbons (Fsp3) is 0.200. The van der Waals surface area contributed by atoms with Crippen molar-refractivity contribution in [1.29, 1.82) is 0 Å². The van der Waals surface area contributed by atoms with Crippen LogP contribution in [0.15, 0.2) is 46.7 Å². The molecule has 0 unspecified atom stereocenters. The molecule has 2 heterocycles. The van der Waals surface area contributed by atoms with Gasteiger partial charge in [0.2, 0.25) is 9.84 Å². The Balaban J connectivity index is 2.01. The number of rotatable bonds is 3. The van der Waals surface area contributed by atoms with Gasteiger partial charge in [0.05, 0.1) is 17.0 Å². The molecule has 0 aliphatic carbocycles. The van der Waals surface area contributed by atoms with Crippen molar-refractivity contribution in [2.75, 3.05) is 0 Å². The first-order valence-corrected chi connectivity index (χ1v) is 10.7. The molecule has 0 fully saturated rings. The van der Waals surface area contributed by atoms with E-state index in [-0.39, 0.29) is 17.7 Å². The molecule has 1 aromatic heterocycles. The minimum atomic E-state index is -4.68. The van der Waals surface area contributed by atoms with Gasteiger partial charge in [-0.1, -0.05) is 17.7 Å². The van der Waals surface area contributed by atoms with Gasteiger partial charge in [-0.25, -0.2) is 8.42 Å². The molecule has 3 aromatic rings. The van der Waals surface area contributed by atoms with E-state index in [1.165, 1.54) is 0 Å². The molecule has 0 bridgehead atoms. The zero-order valence-electron chi connectivity index (χ0n) is 15.4. The van der Waals surface area contributed by atoms with E-state index in [2.05, 4.69) is 0 Å². The number of aliphatic hydroxyl groups excluding tert-OH is 1. The van der Waals surface area contributed by atoms with E-state index in [4.69, 9.17) is 11.6 Å². The number of aromatic nitrogens is 1. The minimum Gasteiger partial charge on any atom is -0.367 e. The fourth-order valence-electron chi connectivity index (χ4n) is 3.83. The number of sulfone groups is 1. The molecule has 0 saturated carbocycles. The van der Waals surface area contributed by atoms with Crippen LogP contribution in [0.4, 0.5) is 13.2 Å². The number of hydrogen-bond donors (Lipinski definition) is 2. The summed E-state index contributed by atoms with van der Waals surface area (Å²) >= 11 is 6.12. The van der Waals surface area contributed by atoms with Crippen molar-refractivity contribution >= 4 is 37.9 Å². The number of benzene rings is 2. The van der Waals surface area contributed by atoms with E-state index in [0.717, 1.165) is 17.5 Å². The third-order valence-corrected chi connectivity index (χ3v) is 6.81. The Kier molecular flexibility index (Phi) is 4.77. The lowest BCUT2D eigenvalue weighted by Gasteiger charge is -2.11. The maximum atomic E-state index is 13.1. The summed E-state index contributed by atoms with van der Waals surface area (Å²) < 4.78 is 66.2. The van der Waals surface area contributed by atoms with Gasteiger partial charge < -0.3 is 14.8 Å². The molecule has 0 spiro atoms. The minimum absolute atomic E-state index is 0.148. The lowest BCUT2D eigenvalue weighted by molar-refractivity contribution is -0.137. The highest BCUT2D eigenvalue weighted by Gasteiger charge is 2.36. The van der Waals surface area contributed by atoms with Gasteiger partial charge in [-0.15, -0.1) is 0 Å². The highest BCUT2D eigenvalue weighted by molar-refractivity contribution is 7.95. The van der Waals surface area contributed by atoms with Gasteiger partial charge in [0.25, 0.3) is 0 Å². The zero-order valence-corrected chi connectivity index (χ0v) is 17.0. The third-order valence-electron chi connectivity index (χ3n) is 5.08. The van der Waals surface area contributed by atoms with Crippen molar-refractivity contribution < 1.29 is 31.8 Å². The standard InChI is InChI=1S/C20H15ClF3NO4S/c1-10-19(14-7-12(21)3-5-16(14)25(10)8-18(26)27)15-9-30(28,29)17-6-11(20(22,23)24)2-4-13(15)17/h2-7,9,18,26-27H,8H2,1H3. The Labute approximate surface area is 174 Å². The van der Waals surface area contributed by atoms with Gasteiger partial charge in [-0.05, 0) is 37.3 Å². The monoisotopic (exact) mass is 457 g/mol. The second-order valence-electron chi connectivity index (χ2n) is 7.00. The van der Waals surface area contributed by atoms with Crippen LogP contribution in [-0.2, 0) is 22.6 Å². The van der Waals surface area contributed by atoms with E-state index >= 15 is 0 Å². The molecule has 0 amide bonds. The van der Waals surface area contributed by atoms with Gasteiger partial charge in [0, 0.05) is 43.7 Å². The van der Waals surface area contributed by atoms with Crippen LogP contribution in [0.25, 0.3) is 16.5 Å². The van der Waals surface area contributed by atoms with Gasteiger partial charge in [-0.2, -0.15) is 13.2 Å². The predicted molar refractivity (Wildman–Crippen MR) is 106 cm³/mol. The van der Waals surface area contributed by atoms with E-state index in [1.54, 1.807) is 29.7 Å². The normalized spacial score (nSPS) is 15.7. The number of hydrogen-bond acceptors (Lipinski definition) is 4. The van der Waals surface area contributed by atoms with Crippen LogP contribution in [0.3, 0.4) is 0 Å². The largest absolute Gasteiger partial charge is 0.416 e. The summed E-state index contributed by atoms with van der Waals surface area (Å²) in [5.74, 6) is 0. The van der Waals surface area contributed by atoms with Crippen molar-refractivity contribution in [2.24, 2.45) is 0 Å². The summed E-state index contributed by atoms with van der Waals surface area (Å²) in [7, 11) is -4.10. The Morgan fingerprint density at radius 1 is 1.13 bits per heavy atom. The van der Waals surface area contributed by atoms with Gasteiger partial charge in [-0.3, -0.25) is 0 Å². The molecule has 2 aromatic carbocycles. The number of aliphatic hydroxyl groups is 2. The van der Waals surface area contributed by atoms with E-state index in [9.17, 15) is 31.8 Å². The molecule has 1 aliphatic rings. The molecule has 30 heavy (non-hydrogen) atoms. The van der Waals surface area contributed by atoms with Crippen LogP contribution in [0.2, 0.25) is 5.02 Å². The summed E-state index contributed by atoms with van der Waals surface area (Å²) in [6.07, 6.45) is -6.34. The van der Waals surface area contributed by atoms with Crippen molar-refractivity contribution in [2.45, 2.75) is 30.8 Å². The second-order valence-corrected chi connectivity index (χ2v) is 9.20. The predicted octanol–water partition coefficient (Wildman–Crippen LogP) is 4.11. The first-order chi connectivity index (χ1) is 13.9. The van der Waals surface area contributed by atoms with Crippen LogP contribution in [-0.4, -0.2) is 29.5 Å². The van der Waals surface area contributed by atoms with Crippen molar-refractivity contribution in [3.8, 4) is 0 Å². The number of alkyl halides is 3. The molecule has 158 valence electrons. The number of halogens is 4. The Morgan fingerprint density at radius 2 is 1.83 bits per heavy atom. The van der Waals surface area contributed by atoms with Crippen molar-refractivity contribution in [3.63, 3.8) is 0 Å². The highest BCUT2D eigenvalue weighted by atomic mass is 35.5. The quantitative estimate of drug-likeness (QED) is 0.580. The average Bonchev–Trinajstić information content (AvgIpc) is 3.04. The molecular weight excluding hydrogens is 443 g/mol. The van der Waals surface area contributed by atoms with Crippen molar-refractivity contribution in [3.05, 3.63) is 69.2 Å². The van der Waals surface area contributed by atoms with Crippen LogP contribution in [0, 0.1) is 6.92 Å². The maximum absolute atomic E-state index is 13.1. The topological polar surface area (TPSA) is 79.5 Å². The van der Waals surface area contributed by atoms with Crippen molar-refractivity contribution in [1.82, 2.24) is 4.57 Å². The molecule has 2 N–H and O–H groups in total. The first kappa shape index (κ1) is 20.9. The lowest BCUT2D eigenvalue weighted by atomic mass is 9.96. The molecule has 10 heteroatoms. The van der Waals surface area contributed by atoms with Crippen LogP contribution >= 0.6 is 11.6 Å². The maximum Gasteiger partial charge on any atom is 0.416 e. The van der Waals surface area contributed by atoms with Crippen LogP contribution in [0.5, 0.6) is 0 Å². The second kappa shape index (κ2) is 6.84. The van der Waals surface area contributed by atoms with Crippen LogP contribution < -0.4 is 0 Å². The molecule has 0 atom stereocenters. The molecule has 1 aliphatic heterocycles. The third kappa shape index (κ3) is 3.31. The zero-order chi connectivity index (χ0) is 22.0. The smallest absolute Gasteiger partial charge is 0.367 e. The molecular formula is C20H15ClF3NO4S. The van der Waals surface area contributed by atoms with E-state index in [1.807, 2.05) is 0 Å². The van der Waals surface area contributed by atoms with Gasteiger partial charge >= 0.3 is 6.18 Å². The highest BCUT2D eigenvalue weighted by Crippen LogP contribution is 2.44. The summed E-state index contributed by atoms with van der Waals surface area (Å²) in [6, 6.07) is 7.49. The molecule has 4 rings (SSSR count). The van der Waals surface area contributed by atoms with E-state index in [0.29, 0.717) is 33.2 Å². The Bertz CT molecular complexity index is 1320. The number of nitrogens with zero attached hydrogens (tertiary/aromatic N) is 1. The van der Waals surface area contributed by atoms with E-state index < -0.39 is 32.8 Å². The number of fused-ring (bicyclic) bond motifs is 2. The average molecular weight is 458 g/mol. The summed E-state index contributed by atoms with van der Waals surface area (Å²) in [5.41, 5.74) is 0.887. The summed E-state index contributed by atoms with van der Waals surface area (Å²) in [5, 5.41) is 20.8. The summed E-state index contributed by atoms with van der Waals surface area (Å²) in [4.78, 5) is -0.420. The first-order valence-electron chi connectivity index (χ1n) is 8.73. The fourth-order valence-corrected chi connectivity index (χ4v) is 5.46.